The van der Waals surface area contributed by atoms with E-state index in [1.165, 1.54) is 26.8 Å². The second-order valence-electron chi connectivity index (χ2n) is 5.34. The molecule has 7 nitrogen and oxygen atoms in total. The molecule has 3 aromatic heterocycles. The van der Waals surface area contributed by atoms with Gasteiger partial charge in [-0.2, -0.15) is 0 Å². The Balaban J connectivity index is 1.93. The van der Waals surface area contributed by atoms with Crippen molar-refractivity contribution in [2.24, 2.45) is 14.1 Å². The molecular formula is C15H13N5O2S. The highest BCUT2D eigenvalue weighted by molar-refractivity contribution is 7.18. The van der Waals surface area contributed by atoms with Gasteiger partial charge in [-0.15, -0.1) is 11.3 Å². The van der Waals surface area contributed by atoms with Gasteiger partial charge in [-0.1, -0.05) is 12.1 Å². The van der Waals surface area contributed by atoms with Crippen LogP contribution in [0.2, 0.25) is 0 Å². The minimum Gasteiger partial charge on any atom is -0.328 e. The Kier molecular flexibility index (Phi) is 2.95. The molecule has 0 spiro atoms. The molecule has 4 aromatic rings. The van der Waals surface area contributed by atoms with Gasteiger partial charge in [-0.05, 0) is 12.1 Å². The largest absolute Gasteiger partial charge is 0.332 e. The van der Waals surface area contributed by atoms with Crippen LogP contribution in [0.1, 0.15) is 5.01 Å². The summed E-state index contributed by atoms with van der Waals surface area (Å²) in [5, 5.41) is 0.729. The van der Waals surface area contributed by atoms with Crippen molar-refractivity contribution in [3.05, 3.63) is 56.4 Å². The second kappa shape index (κ2) is 4.88. The van der Waals surface area contributed by atoms with Gasteiger partial charge in [0.2, 0.25) is 0 Å². The van der Waals surface area contributed by atoms with E-state index in [9.17, 15) is 9.59 Å². The Hall–Kier alpha value is -2.74. The number of aromatic nitrogens is 5. The molecule has 0 bridgehead atoms. The first-order chi connectivity index (χ1) is 11.1. The Morgan fingerprint density at radius 1 is 1.17 bits per heavy atom. The van der Waals surface area contributed by atoms with Crippen LogP contribution in [0.3, 0.4) is 0 Å². The highest BCUT2D eigenvalue weighted by Crippen LogP contribution is 2.21. The molecule has 0 saturated heterocycles. The third-order valence-corrected chi connectivity index (χ3v) is 4.85. The van der Waals surface area contributed by atoms with Gasteiger partial charge in [0.25, 0.3) is 5.56 Å². The van der Waals surface area contributed by atoms with Crippen molar-refractivity contribution in [1.82, 2.24) is 23.7 Å². The summed E-state index contributed by atoms with van der Waals surface area (Å²) in [5.41, 5.74) is 0.943. The first-order valence-corrected chi connectivity index (χ1v) is 7.83. The molecule has 1 aromatic carbocycles. The predicted octanol–water partition coefficient (Wildman–Crippen LogP) is 1.09. The van der Waals surface area contributed by atoms with Gasteiger partial charge in [0, 0.05) is 14.1 Å². The van der Waals surface area contributed by atoms with Crippen molar-refractivity contribution >= 4 is 32.7 Å². The Labute approximate surface area is 134 Å². The van der Waals surface area contributed by atoms with Crippen molar-refractivity contribution in [2.75, 3.05) is 0 Å². The fourth-order valence-corrected chi connectivity index (χ4v) is 3.61. The van der Waals surface area contributed by atoms with E-state index in [1.807, 2.05) is 24.3 Å². The number of hydrogen-bond donors (Lipinski definition) is 0. The number of hydrogen-bond acceptors (Lipinski definition) is 5. The molecule has 0 aliphatic carbocycles. The van der Waals surface area contributed by atoms with Crippen LogP contribution >= 0.6 is 11.3 Å². The van der Waals surface area contributed by atoms with E-state index in [4.69, 9.17) is 0 Å². The van der Waals surface area contributed by atoms with Crippen LogP contribution < -0.4 is 11.2 Å². The SMILES string of the molecule is Cn1cnc2c1c(=O)n(Cc1nc3ccccc3s1)c(=O)n2C. The van der Waals surface area contributed by atoms with Gasteiger partial charge in [-0.25, -0.2) is 14.8 Å². The molecule has 23 heavy (non-hydrogen) atoms. The van der Waals surface area contributed by atoms with Crippen molar-refractivity contribution in [3.63, 3.8) is 0 Å². The Morgan fingerprint density at radius 3 is 2.74 bits per heavy atom. The van der Waals surface area contributed by atoms with E-state index in [-0.39, 0.29) is 17.8 Å². The van der Waals surface area contributed by atoms with Gasteiger partial charge in [0.15, 0.2) is 11.2 Å². The van der Waals surface area contributed by atoms with Crippen molar-refractivity contribution in [3.8, 4) is 0 Å². The molecule has 0 radical (unpaired) electrons. The standard InChI is InChI=1S/C15H13N5O2S/c1-18-8-16-13-12(18)14(21)20(15(22)19(13)2)7-11-17-9-5-3-4-6-10(9)23-11/h3-6,8H,7H2,1-2H3. The minimum absolute atomic E-state index is 0.159. The fraction of sp³-hybridized carbons (Fsp3) is 0.200. The third-order valence-electron chi connectivity index (χ3n) is 3.83. The van der Waals surface area contributed by atoms with Gasteiger partial charge in [-0.3, -0.25) is 13.9 Å². The molecule has 4 rings (SSSR count). The first kappa shape index (κ1) is 13.9. The third kappa shape index (κ3) is 2.02. The molecular weight excluding hydrogens is 314 g/mol. The van der Waals surface area contributed by atoms with Crippen LogP contribution in [0, 0.1) is 0 Å². The second-order valence-corrected chi connectivity index (χ2v) is 6.45. The molecule has 8 heteroatoms. The first-order valence-electron chi connectivity index (χ1n) is 7.01. The lowest BCUT2D eigenvalue weighted by molar-refractivity contribution is 0.653. The molecule has 0 fully saturated rings. The number of rotatable bonds is 2. The number of fused-ring (bicyclic) bond motifs is 2. The Morgan fingerprint density at radius 2 is 1.96 bits per heavy atom. The van der Waals surface area contributed by atoms with Crippen LogP contribution in [0.25, 0.3) is 21.4 Å². The predicted molar refractivity (Wildman–Crippen MR) is 88.9 cm³/mol. The molecule has 0 N–H and O–H groups in total. The maximum atomic E-state index is 12.7. The molecule has 0 saturated carbocycles. The van der Waals surface area contributed by atoms with Gasteiger partial charge in [0.1, 0.15) is 5.01 Å². The lowest BCUT2D eigenvalue weighted by Gasteiger charge is -2.06. The lowest BCUT2D eigenvalue weighted by atomic mass is 10.3. The van der Waals surface area contributed by atoms with E-state index < -0.39 is 0 Å². The summed E-state index contributed by atoms with van der Waals surface area (Å²) in [4.78, 5) is 33.8. The van der Waals surface area contributed by atoms with E-state index in [1.54, 1.807) is 18.7 Å². The van der Waals surface area contributed by atoms with Crippen LogP contribution in [0.5, 0.6) is 0 Å². The molecule has 0 amide bonds. The number of imidazole rings is 1. The van der Waals surface area contributed by atoms with Gasteiger partial charge < -0.3 is 4.57 Å². The molecule has 0 atom stereocenters. The van der Waals surface area contributed by atoms with Crippen molar-refractivity contribution < 1.29 is 0 Å². The summed E-state index contributed by atoms with van der Waals surface area (Å²) in [5.74, 6) is 0. The number of thiazole rings is 1. The Bertz CT molecular complexity index is 1130. The number of benzene rings is 1. The summed E-state index contributed by atoms with van der Waals surface area (Å²) in [6, 6.07) is 7.75. The monoisotopic (exact) mass is 327 g/mol. The number of aryl methyl sites for hydroxylation is 2. The van der Waals surface area contributed by atoms with Crippen molar-refractivity contribution in [2.45, 2.75) is 6.54 Å². The smallest absolute Gasteiger partial charge is 0.328 e. The van der Waals surface area contributed by atoms with Crippen molar-refractivity contribution in [1.29, 1.82) is 0 Å². The molecule has 0 aliphatic heterocycles. The quantitative estimate of drug-likeness (QED) is 0.552. The maximum Gasteiger partial charge on any atom is 0.332 e. The maximum absolute atomic E-state index is 12.7. The highest BCUT2D eigenvalue weighted by Gasteiger charge is 2.16. The lowest BCUT2D eigenvalue weighted by Crippen LogP contribution is -2.39. The molecule has 116 valence electrons. The van der Waals surface area contributed by atoms with Crippen LogP contribution in [0.15, 0.2) is 40.2 Å². The van der Waals surface area contributed by atoms with E-state index in [2.05, 4.69) is 9.97 Å². The molecule has 0 unspecified atom stereocenters. The van der Waals surface area contributed by atoms with Gasteiger partial charge in [0.05, 0.1) is 23.1 Å². The van der Waals surface area contributed by atoms with E-state index in [0.29, 0.717) is 11.2 Å². The molecule has 3 heterocycles. The number of para-hydroxylation sites is 1. The average molecular weight is 327 g/mol. The molecule has 0 aliphatic rings. The zero-order valence-electron chi connectivity index (χ0n) is 12.6. The summed E-state index contributed by atoms with van der Waals surface area (Å²) in [6.07, 6.45) is 1.54. The number of nitrogens with zero attached hydrogens (tertiary/aromatic N) is 5. The summed E-state index contributed by atoms with van der Waals surface area (Å²) >= 11 is 1.49. The van der Waals surface area contributed by atoms with Crippen LogP contribution in [-0.2, 0) is 20.6 Å². The highest BCUT2D eigenvalue weighted by atomic mass is 32.1. The van der Waals surface area contributed by atoms with E-state index >= 15 is 0 Å². The zero-order chi connectivity index (χ0) is 16.1. The summed E-state index contributed by atoms with van der Waals surface area (Å²) in [7, 11) is 3.36. The fourth-order valence-electron chi connectivity index (χ4n) is 2.66. The summed E-state index contributed by atoms with van der Waals surface area (Å²) < 4.78 is 5.27. The summed E-state index contributed by atoms with van der Waals surface area (Å²) in [6.45, 7) is 0.159. The van der Waals surface area contributed by atoms with Crippen LogP contribution in [-0.4, -0.2) is 23.7 Å². The van der Waals surface area contributed by atoms with E-state index in [0.717, 1.165) is 15.2 Å². The average Bonchev–Trinajstić information content (AvgIpc) is 3.12. The van der Waals surface area contributed by atoms with Gasteiger partial charge >= 0.3 is 5.69 Å². The minimum atomic E-state index is -0.388. The normalized spacial score (nSPS) is 11.6. The van der Waals surface area contributed by atoms with Crippen LogP contribution in [0.4, 0.5) is 0 Å². The zero-order valence-corrected chi connectivity index (χ0v) is 13.4. The topological polar surface area (TPSA) is 74.7 Å².